The van der Waals surface area contributed by atoms with Crippen molar-refractivity contribution in [3.8, 4) is 5.75 Å². The van der Waals surface area contributed by atoms with Gasteiger partial charge in [-0.15, -0.1) is 0 Å². The van der Waals surface area contributed by atoms with Crippen LogP contribution >= 0.6 is 0 Å². The van der Waals surface area contributed by atoms with Crippen LogP contribution in [-0.2, 0) is 5.11 Å². The van der Waals surface area contributed by atoms with Gasteiger partial charge in [0.2, 0.25) is 0 Å². The van der Waals surface area contributed by atoms with E-state index in [-0.39, 0.29) is 5.75 Å². The van der Waals surface area contributed by atoms with Crippen LogP contribution in [0.25, 0.3) is 0 Å². The molecule has 1 nitrogen and oxygen atoms in total. The largest absolute Gasteiger partial charge is 0.290 e. The maximum absolute atomic E-state index is 11.0. The first-order valence-electron chi connectivity index (χ1n) is 6.56. The third kappa shape index (κ3) is 2.78. The van der Waals surface area contributed by atoms with Crippen molar-refractivity contribution in [2.24, 2.45) is 5.92 Å². The van der Waals surface area contributed by atoms with E-state index < -0.39 is 0 Å². The normalized spacial score (nSPS) is 25.6. The lowest BCUT2D eigenvalue weighted by Crippen LogP contribution is -2.13. The summed E-state index contributed by atoms with van der Waals surface area (Å²) in [5, 5.41) is 11.0. The van der Waals surface area contributed by atoms with Crippen LogP contribution in [0.2, 0.25) is 0 Å². The molecule has 0 N–H and O–H groups in total. The van der Waals surface area contributed by atoms with Crippen molar-refractivity contribution in [1.82, 2.24) is 0 Å². The molecule has 1 heteroatoms. The molecular weight excluding hydrogens is 196 g/mol. The second-order valence-electron chi connectivity index (χ2n) is 5.08. The number of rotatable bonds is 3. The molecule has 16 heavy (non-hydrogen) atoms. The Morgan fingerprint density at radius 2 is 1.69 bits per heavy atom. The molecule has 0 saturated heterocycles. The average molecular weight is 217 g/mol. The van der Waals surface area contributed by atoms with Gasteiger partial charge in [0.15, 0.2) is 5.75 Å². The number of hydrogen-bond donors (Lipinski definition) is 0. The van der Waals surface area contributed by atoms with Gasteiger partial charge in [-0.2, -0.15) is 0 Å². The molecule has 1 aliphatic rings. The molecule has 2 rings (SSSR count). The minimum atomic E-state index is 0.128. The van der Waals surface area contributed by atoms with Gasteiger partial charge >= 0.3 is 0 Å². The molecule has 1 radical (unpaired) electrons. The van der Waals surface area contributed by atoms with Crippen LogP contribution in [0.3, 0.4) is 0 Å². The van der Waals surface area contributed by atoms with Crippen LogP contribution in [-0.4, -0.2) is 0 Å². The van der Waals surface area contributed by atoms with Crippen LogP contribution < -0.4 is 0 Å². The molecule has 1 aliphatic carbocycles. The van der Waals surface area contributed by atoms with Gasteiger partial charge < -0.3 is 0 Å². The summed E-state index contributed by atoms with van der Waals surface area (Å²) in [7, 11) is 0. The Bertz CT molecular complexity index is 307. The van der Waals surface area contributed by atoms with Crippen LogP contribution in [0.5, 0.6) is 5.75 Å². The van der Waals surface area contributed by atoms with Crippen molar-refractivity contribution in [1.29, 1.82) is 0 Å². The molecule has 0 aliphatic heterocycles. The molecule has 1 aromatic carbocycles. The van der Waals surface area contributed by atoms with E-state index in [4.69, 9.17) is 0 Å². The summed E-state index contributed by atoms with van der Waals surface area (Å²) in [6, 6.07) is 7.45. The third-order valence-corrected chi connectivity index (χ3v) is 3.90. The van der Waals surface area contributed by atoms with Crippen molar-refractivity contribution in [3.63, 3.8) is 0 Å². The zero-order valence-electron chi connectivity index (χ0n) is 10.1. The molecule has 0 aromatic heterocycles. The lowest BCUT2D eigenvalue weighted by molar-refractivity contribution is 0.308. The molecular formula is C15H21O. The maximum Gasteiger partial charge on any atom is 0.178 e. The topological polar surface area (TPSA) is 19.9 Å². The van der Waals surface area contributed by atoms with E-state index in [1.807, 2.05) is 12.1 Å². The second-order valence-corrected chi connectivity index (χ2v) is 5.08. The Hall–Kier alpha value is -0.980. The summed E-state index contributed by atoms with van der Waals surface area (Å²) >= 11 is 0. The number of hydrogen-bond acceptors (Lipinski definition) is 0. The fourth-order valence-corrected chi connectivity index (χ4v) is 2.93. The highest BCUT2D eigenvalue weighted by Crippen LogP contribution is 2.37. The molecule has 0 amide bonds. The predicted octanol–water partition coefficient (Wildman–Crippen LogP) is 4.90. The molecule has 0 heterocycles. The fourth-order valence-electron chi connectivity index (χ4n) is 2.93. The highest BCUT2D eigenvalue weighted by molar-refractivity contribution is 5.28. The van der Waals surface area contributed by atoms with Gasteiger partial charge in [0.25, 0.3) is 0 Å². The van der Waals surface area contributed by atoms with Gasteiger partial charge in [0.1, 0.15) is 0 Å². The lowest BCUT2D eigenvalue weighted by atomic mass is 9.77. The van der Waals surface area contributed by atoms with E-state index in [9.17, 15) is 5.11 Å². The minimum absolute atomic E-state index is 0.128. The predicted molar refractivity (Wildman–Crippen MR) is 66.2 cm³/mol. The van der Waals surface area contributed by atoms with E-state index in [2.05, 4.69) is 6.92 Å². The Kier molecular flexibility index (Phi) is 3.87. The molecule has 1 aromatic rings. The third-order valence-electron chi connectivity index (χ3n) is 3.90. The fraction of sp³-hybridized carbons (Fsp3) is 0.600. The van der Waals surface area contributed by atoms with Gasteiger partial charge in [-0.3, -0.25) is 5.11 Å². The lowest BCUT2D eigenvalue weighted by Gasteiger charge is -2.28. The zero-order valence-corrected chi connectivity index (χ0v) is 10.1. The van der Waals surface area contributed by atoms with E-state index >= 15 is 0 Å². The first-order chi connectivity index (χ1) is 7.79. The molecule has 1 fully saturated rings. The monoisotopic (exact) mass is 217 g/mol. The first kappa shape index (κ1) is 11.5. The van der Waals surface area contributed by atoms with E-state index in [0.29, 0.717) is 5.92 Å². The van der Waals surface area contributed by atoms with Crippen LogP contribution in [0, 0.1) is 5.92 Å². The quantitative estimate of drug-likeness (QED) is 0.686. The highest BCUT2D eigenvalue weighted by Gasteiger charge is 2.21. The Morgan fingerprint density at radius 1 is 1.06 bits per heavy atom. The maximum atomic E-state index is 11.0. The Morgan fingerprint density at radius 3 is 2.25 bits per heavy atom. The van der Waals surface area contributed by atoms with Crippen molar-refractivity contribution in [2.45, 2.75) is 51.4 Å². The van der Waals surface area contributed by atoms with Gasteiger partial charge in [0.05, 0.1) is 0 Å². The Balaban J connectivity index is 1.91. The zero-order chi connectivity index (χ0) is 11.4. The SMILES string of the molecule is CCC[C@H]1CC[C@H](c2ccc([O])cc2)CC1. The van der Waals surface area contributed by atoms with Crippen molar-refractivity contribution >= 4 is 0 Å². The van der Waals surface area contributed by atoms with Gasteiger partial charge in [0, 0.05) is 0 Å². The minimum Gasteiger partial charge on any atom is -0.290 e. The highest BCUT2D eigenvalue weighted by atomic mass is 16.3. The summed E-state index contributed by atoms with van der Waals surface area (Å²) in [5.41, 5.74) is 1.37. The van der Waals surface area contributed by atoms with Crippen molar-refractivity contribution in [2.75, 3.05) is 0 Å². The Labute approximate surface area is 98.5 Å². The van der Waals surface area contributed by atoms with E-state index in [1.165, 1.54) is 44.1 Å². The van der Waals surface area contributed by atoms with E-state index in [0.717, 1.165) is 5.92 Å². The first-order valence-corrected chi connectivity index (χ1v) is 6.56. The van der Waals surface area contributed by atoms with E-state index in [1.54, 1.807) is 12.1 Å². The van der Waals surface area contributed by atoms with Gasteiger partial charge in [-0.25, -0.2) is 0 Å². The molecule has 1 saturated carbocycles. The van der Waals surface area contributed by atoms with Gasteiger partial charge in [-0.1, -0.05) is 31.9 Å². The van der Waals surface area contributed by atoms with Gasteiger partial charge in [-0.05, 0) is 55.2 Å². The molecule has 0 bridgehead atoms. The number of benzene rings is 1. The summed E-state index contributed by atoms with van der Waals surface area (Å²) in [4.78, 5) is 0. The summed E-state index contributed by atoms with van der Waals surface area (Å²) in [6.45, 7) is 2.28. The summed E-state index contributed by atoms with van der Waals surface area (Å²) in [5.74, 6) is 1.79. The summed E-state index contributed by atoms with van der Waals surface area (Å²) < 4.78 is 0. The molecule has 0 unspecified atom stereocenters. The van der Waals surface area contributed by atoms with Crippen LogP contribution in [0.1, 0.15) is 56.9 Å². The second kappa shape index (κ2) is 5.38. The summed E-state index contributed by atoms with van der Waals surface area (Å²) in [6.07, 6.45) is 8.08. The van der Waals surface area contributed by atoms with Crippen LogP contribution in [0.4, 0.5) is 0 Å². The molecule has 0 spiro atoms. The van der Waals surface area contributed by atoms with Crippen molar-refractivity contribution in [3.05, 3.63) is 29.8 Å². The standard InChI is InChI=1S/C15H21O/c1-2-3-12-4-6-13(7-5-12)14-8-10-15(16)11-9-14/h8-13H,2-7H2,1H3/t12-,13-. The van der Waals surface area contributed by atoms with Crippen molar-refractivity contribution < 1.29 is 5.11 Å². The molecule has 87 valence electrons. The van der Waals surface area contributed by atoms with Crippen LogP contribution in [0.15, 0.2) is 24.3 Å². The smallest absolute Gasteiger partial charge is 0.178 e. The molecule has 0 atom stereocenters. The average Bonchev–Trinajstić information content (AvgIpc) is 2.32.